The molecule has 2 N–H and O–H groups in total. The molecule has 0 bridgehead atoms. The van der Waals surface area contributed by atoms with E-state index in [1.807, 2.05) is 19.1 Å². The smallest absolute Gasteiger partial charge is 0.240 e. The van der Waals surface area contributed by atoms with E-state index in [2.05, 4.69) is 22.8 Å². The van der Waals surface area contributed by atoms with Crippen LogP contribution in [0.25, 0.3) is 0 Å². The van der Waals surface area contributed by atoms with Crippen LogP contribution in [-0.2, 0) is 22.6 Å². The molecule has 1 aromatic rings. The topological polar surface area (TPSA) is 61.4 Å². The summed E-state index contributed by atoms with van der Waals surface area (Å²) in [6.07, 6.45) is 0.675. The second kappa shape index (κ2) is 6.52. The molecule has 0 saturated carbocycles. The van der Waals surface area contributed by atoms with Crippen molar-refractivity contribution in [1.82, 2.24) is 15.5 Å². The van der Waals surface area contributed by atoms with Gasteiger partial charge in [-0.05, 0) is 24.5 Å². The van der Waals surface area contributed by atoms with E-state index in [0.29, 0.717) is 19.5 Å². The molecule has 1 atom stereocenters. The molecular weight excluding hydrogens is 254 g/mol. The Labute approximate surface area is 119 Å². The van der Waals surface area contributed by atoms with Crippen molar-refractivity contribution in [2.75, 3.05) is 20.1 Å². The number of hydrogen-bond donors (Lipinski definition) is 2. The lowest BCUT2D eigenvalue weighted by atomic mass is 9.95. The fourth-order valence-electron chi connectivity index (χ4n) is 2.44. The first-order chi connectivity index (χ1) is 9.61. The Morgan fingerprint density at radius 2 is 2.05 bits per heavy atom. The van der Waals surface area contributed by atoms with Crippen molar-refractivity contribution in [2.24, 2.45) is 0 Å². The van der Waals surface area contributed by atoms with Crippen molar-refractivity contribution in [1.29, 1.82) is 0 Å². The quantitative estimate of drug-likeness (QED) is 0.830. The summed E-state index contributed by atoms with van der Waals surface area (Å²) in [5, 5.41) is 5.93. The highest BCUT2D eigenvalue weighted by Crippen LogP contribution is 2.17. The number of amides is 2. The van der Waals surface area contributed by atoms with Crippen LogP contribution in [0.4, 0.5) is 0 Å². The molecule has 0 fully saturated rings. The maximum atomic E-state index is 12.3. The summed E-state index contributed by atoms with van der Waals surface area (Å²) in [5.41, 5.74) is 2.44. The Kier molecular flexibility index (Phi) is 4.74. The summed E-state index contributed by atoms with van der Waals surface area (Å²) in [6, 6.07) is 7.87. The zero-order chi connectivity index (χ0) is 14.5. The lowest BCUT2D eigenvalue weighted by molar-refractivity contribution is -0.136. The minimum Gasteiger partial charge on any atom is -0.355 e. The molecule has 0 aromatic heterocycles. The zero-order valence-electron chi connectivity index (χ0n) is 12.0. The molecule has 108 valence electrons. The first-order valence-electron chi connectivity index (χ1n) is 6.93. The maximum Gasteiger partial charge on any atom is 0.240 e. The molecule has 1 aliphatic heterocycles. The molecule has 0 spiro atoms. The Morgan fingerprint density at radius 1 is 1.35 bits per heavy atom. The second-order valence-electron chi connectivity index (χ2n) is 5.05. The SMILES string of the molecule is CCNC(=O)CN(C)C(=O)[C@H]1Cc2ccccc2CN1. The normalized spacial score (nSPS) is 17.2. The summed E-state index contributed by atoms with van der Waals surface area (Å²) < 4.78 is 0. The first kappa shape index (κ1) is 14.5. The number of nitrogens with one attached hydrogen (secondary N) is 2. The Hall–Kier alpha value is -1.88. The van der Waals surface area contributed by atoms with Gasteiger partial charge in [0.15, 0.2) is 0 Å². The van der Waals surface area contributed by atoms with Gasteiger partial charge in [-0.2, -0.15) is 0 Å². The number of carbonyl (C=O) groups excluding carboxylic acids is 2. The van der Waals surface area contributed by atoms with E-state index in [4.69, 9.17) is 0 Å². The van der Waals surface area contributed by atoms with Crippen LogP contribution in [0.3, 0.4) is 0 Å². The average molecular weight is 275 g/mol. The molecule has 5 heteroatoms. The van der Waals surface area contributed by atoms with E-state index >= 15 is 0 Å². The predicted molar refractivity (Wildman–Crippen MR) is 77.1 cm³/mol. The van der Waals surface area contributed by atoms with Gasteiger partial charge in [0.05, 0.1) is 12.6 Å². The first-order valence-corrected chi connectivity index (χ1v) is 6.93. The zero-order valence-corrected chi connectivity index (χ0v) is 12.0. The van der Waals surface area contributed by atoms with Gasteiger partial charge in [0.2, 0.25) is 11.8 Å². The number of likely N-dealkylation sites (N-methyl/N-ethyl adjacent to an activating group) is 2. The molecule has 0 unspecified atom stereocenters. The third kappa shape index (κ3) is 3.36. The number of carbonyl (C=O) groups is 2. The van der Waals surface area contributed by atoms with Gasteiger partial charge >= 0.3 is 0 Å². The largest absolute Gasteiger partial charge is 0.355 e. The standard InChI is InChI=1S/C15H21N3O2/c1-3-16-14(19)10-18(2)15(20)13-8-11-6-4-5-7-12(11)9-17-13/h4-7,13,17H,3,8-10H2,1-2H3,(H,16,19)/t13-/m1/s1. The van der Waals surface area contributed by atoms with E-state index < -0.39 is 0 Å². The van der Waals surface area contributed by atoms with Gasteiger partial charge in [0.25, 0.3) is 0 Å². The van der Waals surface area contributed by atoms with Gasteiger partial charge in [0, 0.05) is 20.1 Å². The van der Waals surface area contributed by atoms with Crippen LogP contribution >= 0.6 is 0 Å². The summed E-state index contributed by atoms with van der Waals surface area (Å²) in [6.45, 7) is 3.24. The van der Waals surface area contributed by atoms with Crippen molar-refractivity contribution >= 4 is 11.8 Å². The van der Waals surface area contributed by atoms with E-state index in [1.54, 1.807) is 7.05 Å². The summed E-state index contributed by atoms with van der Waals surface area (Å²) in [7, 11) is 1.67. The van der Waals surface area contributed by atoms with Crippen molar-refractivity contribution in [3.8, 4) is 0 Å². The van der Waals surface area contributed by atoms with Crippen LogP contribution in [0, 0.1) is 0 Å². The van der Waals surface area contributed by atoms with Crippen molar-refractivity contribution in [3.05, 3.63) is 35.4 Å². The van der Waals surface area contributed by atoms with Crippen LogP contribution in [0.15, 0.2) is 24.3 Å². The third-order valence-corrected chi connectivity index (χ3v) is 3.51. The Balaban J connectivity index is 1.95. The lowest BCUT2D eigenvalue weighted by Gasteiger charge is -2.28. The van der Waals surface area contributed by atoms with Crippen molar-refractivity contribution in [3.63, 3.8) is 0 Å². The van der Waals surface area contributed by atoms with E-state index in [9.17, 15) is 9.59 Å². The Bertz CT molecular complexity index is 502. The molecule has 2 rings (SSSR count). The number of fused-ring (bicyclic) bond motifs is 1. The highest BCUT2D eigenvalue weighted by atomic mass is 16.2. The molecule has 0 saturated heterocycles. The highest BCUT2D eigenvalue weighted by molar-refractivity contribution is 5.87. The van der Waals surface area contributed by atoms with E-state index in [1.165, 1.54) is 16.0 Å². The van der Waals surface area contributed by atoms with Crippen molar-refractivity contribution in [2.45, 2.75) is 25.9 Å². The number of nitrogens with zero attached hydrogens (tertiary/aromatic N) is 1. The minimum absolute atomic E-state index is 0.0363. The van der Waals surface area contributed by atoms with Gasteiger partial charge in [-0.15, -0.1) is 0 Å². The molecule has 1 heterocycles. The summed E-state index contributed by atoms with van der Waals surface area (Å²) >= 11 is 0. The van der Waals surface area contributed by atoms with Gasteiger partial charge in [-0.3, -0.25) is 9.59 Å². The molecule has 20 heavy (non-hydrogen) atoms. The van der Waals surface area contributed by atoms with Crippen molar-refractivity contribution < 1.29 is 9.59 Å². The van der Waals surface area contributed by atoms with E-state index in [0.717, 1.165) is 0 Å². The van der Waals surface area contributed by atoms with Crippen LogP contribution in [0.5, 0.6) is 0 Å². The van der Waals surface area contributed by atoms with Gasteiger partial charge in [0.1, 0.15) is 0 Å². The number of hydrogen-bond acceptors (Lipinski definition) is 3. The maximum absolute atomic E-state index is 12.3. The molecule has 0 aliphatic carbocycles. The second-order valence-corrected chi connectivity index (χ2v) is 5.05. The van der Waals surface area contributed by atoms with Crippen LogP contribution < -0.4 is 10.6 Å². The fraction of sp³-hybridized carbons (Fsp3) is 0.467. The molecule has 2 amide bonds. The van der Waals surface area contributed by atoms with Crippen LogP contribution in [-0.4, -0.2) is 42.9 Å². The molecule has 0 radical (unpaired) electrons. The minimum atomic E-state index is -0.246. The summed E-state index contributed by atoms with van der Waals surface area (Å²) in [4.78, 5) is 25.3. The predicted octanol–water partition coefficient (Wildman–Crippen LogP) is 0.295. The molecule has 5 nitrogen and oxygen atoms in total. The third-order valence-electron chi connectivity index (χ3n) is 3.51. The Morgan fingerprint density at radius 3 is 2.75 bits per heavy atom. The number of rotatable bonds is 4. The highest BCUT2D eigenvalue weighted by Gasteiger charge is 2.26. The summed E-state index contributed by atoms with van der Waals surface area (Å²) in [5.74, 6) is -0.162. The van der Waals surface area contributed by atoms with Crippen LogP contribution in [0.2, 0.25) is 0 Å². The van der Waals surface area contributed by atoms with Crippen LogP contribution in [0.1, 0.15) is 18.1 Å². The van der Waals surface area contributed by atoms with E-state index in [-0.39, 0.29) is 24.4 Å². The molecular formula is C15H21N3O2. The van der Waals surface area contributed by atoms with Gasteiger partial charge in [-0.1, -0.05) is 24.3 Å². The number of benzene rings is 1. The fourth-order valence-corrected chi connectivity index (χ4v) is 2.44. The molecule has 1 aliphatic rings. The van der Waals surface area contributed by atoms with Gasteiger partial charge < -0.3 is 15.5 Å². The van der Waals surface area contributed by atoms with Gasteiger partial charge in [-0.25, -0.2) is 0 Å². The lowest BCUT2D eigenvalue weighted by Crippen LogP contribution is -2.50. The average Bonchev–Trinajstić information content (AvgIpc) is 2.46. The monoisotopic (exact) mass is 275 g/mol. The molecule has 1 aromatic carbocycles.